The van der Waals surface area contributed by atoms with Gasteiger partial charge < -0.3 is 15.8 Å². The van der Waals surface area contributed by atoms with Crippen molar-refractivity contribution in [3.8, 4) is 0 Å². The van der Waals surface area contributed by atoms with Gasteiger partial charge in [-0.2, -0.15) is 0 Å². The van der Waals surface area contributed by atoms with Gasteiger partial charge in [0, 0.05) is 12.8 Å². The van der Waals surface area contributed by atoms with Crippen molar-refractivity contribution in [1.82, 2.24) is 0 Å². The SMILES string of the molecule is COCCc1ccccc1Nc1c(N)cccc1Cl. The van der Waals surface area contributed by atoms with Gasteiger partial charge in [0.2, 0.25) is 0 Å². The lowest BCUT2D eigenvalue weighted by atomic mass is 10.1. The van der Waals surface area contributed by atoms with E-state index in [0.29, 0.717) is 17.3 Å². The fraction of sp³-hybridized carbons (Fsp3) is 0.200. The van der Waals surface area contributed by atoms with Crippen LogP contribution in [0.1, 0.15) is 5.56 Å². The number of rotatable bonds is 5. The van der Waals surface area contributed by atoms with Gasteiger partial charge in [-0.3, -0.25) is 0 Å². The third kappa shape index (κ3) is 3.40. The van der Waals surface area contributed by atoms with Crippen molar-refractivity contribution in [1.29, 1.82) is 0 Å². The molecule has 2 aromatic carbocycles. The molecular weight excluding hydrogens is 260 g/mol. The second-order valence-corrected chi connectivity index (χ2v) is 4.64. The van der Waals surface area contributed by atoms with Gasteiger partial charge >= 0.3 is 0 Å². The Bertz CT molecular complexity index is 537. The van der Waals surface area contributed by atoms with Gasteiger partial charge in [-0.05, 0) is 30.2 Å². The normalized spacial score (nSPS) is 10.4. The zero-order chi connectivity index (χ0) is 13.7. The molecule has 0 atom stereocenters. The molecule has 2 aromatic rings. The van der Waals surface area contributed by atoms with Crippen molar-refractivity contribution in [3.05, 3.63) is 53.1 Å². The maximum Gasteiger partial charge on any atom is 0.0807 e. The van der Waals surface area contributed by atoms with Crippen LogP contribution in [-0.4, -0.2) is 13.7 Å². The van der Waals surface area contributed by atoms with Gasteiger partial charge in [0.15, 0.2) is 0 Å². The second-order valence-electron chi connectivity index (χ2n) is 4.23. The summed E-state index contributed by atoms with van der Waals surface area (Å²) < 4.78 is 5.12. The molecule has 0 saturated heterocycles. The number of nitrogens with one attached hydrogen (secondary N) is 1. The molecule has 0 amide bonds. The smallest absolute Gasteiger partial charge is 0.0807 e. The minimum atomic E-state index is 0.613. The summed E-state index contributed by atoms with van der Waals surface area (Å²) in [7, 11) is 1.70. The first-order valence-electron chi connectivity index (χ1n) is 6.10. The molecule has 3 nitrogen and oxygen atoms in total. The zero-order valence-corrected chi connectivity index (χ0v) is 11.6. The number of hydrogen-bond donors (Lipinski definition) is 2. The molecule has 19 heavy (non-hydrogen) atoms. The Morgan fingerprint density at radius 3 is 2.68 bits per heavy atom. The topological polar surface area (TPSA) is 47.3 Å². The van der Waals surface area contributed by atoms with E-state index in [9.17, 15) is 0 Å². The highest BCUT2D eigenvalue weighted by atomic mass is 35.5. The van der Waals surface area contributed by atoms with Crippen molar-refractivity contribution in [2.24, 2.45) is 0 Å². The minimum absolute atomic E-state index is 0.613. The lowest BCUT2D eigenvalue weighted by Crippen LogP contribution is -2.02. The van der Waals surface area contributed by atoms with E-state index in [1.807, 2.05) is 36.4 Å². The lowest BCUT2D eigenvalue weighted by molar-refractivity contribution is 0.202. The Morgan fingerprint density at radius 1 is 1.16 bits per heavy atom. The van der Waals surface area contributed by atoms with E-state index in [1.54, 1.807) is 7.11 Å². The molecule has 0 fully saturated rings. The molecule has 0 aliphatic heterocycles. The van der Waals surface area contributed by atoms with E-state index < -0.39 is 0 Å². The van der Waals surface area contributed by atoms with Crippen LogP contribution in [0.25, 0.3) is 0 Å². The number of para-hydroxylation sites is 2. The molecular formula is C15H17ClN2O. The summed E-state index contributed by atoms with van der Waals surface area (Å²) in [5.74, 6) is 0. The number of anilines is 3. The minimum Gasteiger partial charge on any atom is -0.397 e. The summed E-state index contributed by atoms with van der Waals surface area (Å²) >= 11 is 6.17. The van der Waals surface area contributed by atoms with Crippen molar-refractivity contribution in [2.45, 2.75) is 6.42 Å². The first-order valence-corrected chi connectivity index (χ1v) is 6.48. The third-order valence-corrected chi connectivity index (χ3v) is 3.21. The van der Waals surface area contributed by atoms with Crippen LogP contribution in [-0.2, 0) is 11.2 Å². The molecule has 100 valence electrons. The summed E-state index contributed by atoms with van der Waals surface area (Å²) in [6.07, 6.45) is 0.837. The molecule has 0 aromatic heterocycles. The van der Waals surface area contributed by atoms with E-state index in [-0.39, 0.29) is 0 Å². The Hall–Kier alpha value is -1.71. The predicted octanol–water partition coefficient (Wildman–Crippen LogP) is 3.85. The van der Waals surface area contributed by atoms with Gasteiger partial charge in [0.05, 0.1) is 23.0 Å². The molecule has 0 unspecified atom stereocenters. The molecule has 2 rings (SSSR count). The summed E-state index contributed by atoms with van der Waals surface area (Å²) in [6.45, 7) is 0.677. The molecule has 3 N–H and O–H groups in total. The number of nitrogens with two attached hydrogens (primary N) is 1. The quantitative estimate of drug-likeness (QED) is 0.816. The molecule has 0 bridgehead atoms. The van der Waals surface area contributed by atoms with Crippen LogP contribution in [0.5, 0.6) is 0 Å². The number of benzene rings is 2. The van der Waals surface area contributed by atoms with Crippen LogP contribution >= 0.6 is 11.6 Å². The molecule has 0 radical (unpaired) electrons. The second kappa shape index (κ2) is 6.45. The predicted molar refractivity (Wildman–Crippen MR) is 81.2 cm³/mol. The summed E-state index contributed by atoms with van der Waals surface area (Å²) in [5, 5.41) is 3.92. The van der Waals surface area contributed by atoms with Gasteiger partial charge in [-0.25, -0.2) is 0 Å². The van der Waals surface area contributed by atoms with Gasteiger partial charge in [0.25, 0.3) is 0 Å². The van der Waals surface area contributed by atoms with Crippen LogP contribution in [0.3, 0.4) is 0 Å². The largest absolute Gasteiger partial charge is 0.397 e. The maximum atomic E-state index is 6.17. The lowest BCUT2D eigenvalue weighted by Gasteiger charge is -2.14. The molecule has 0 saturated carbocycles. The number of nitrogen functional groups attached to an aromatic ring is 1. The number of halogens is 1. The molecule has 0 aliphatic carbocycles. The monoisotopic (exact) mass is 276 g/mol. The average molecular weight is 277 g/mol. The van der Waals surface area contributed by atoms with Crippen LogP contribution in [0.2, 0.25) is 5.02 Å². The average Bonchev–Trinajstić information content (AvgIpc) is 2.42. The van der Waals surface area contributed by atoms with Gasteiger partial charge in [-0.1, -0.05) is 35.9 Å². The van der Waals surface area contributed by atoms with Crippen molar-refractivity contribution < 1.29 is 4.74 Å². The van der Waals surface area contributed by atoms with Crippen LogP contribution in [0, 0.1) is 0 Å². The first kappa shape index (κ1) is 13.7. The van der Waals surface area contributed by atoms with Crippen LogP contribution < -0.4 is 11.1 Å². The molecule has 0 aliphatic rings. The Morgan fingerprint density at radius 2 is 1.95 bits per heavy atom. The standard InChI is InChI=1S/C15H17ClN2O/c1-19-10-9-11-5-2-3-8-14(11)18-15-12(16)6-4-7-13(15)17/h2-8,18H,9-10,17H2,1H3. The molecule has 0 heterocycles. The van der Waals surface area contributed by atoms with Crippen LogP contribution in [0.15, 0.2) is 42.5 Å². The Kier molecular flexibility index (Phi) is 4.66. The van der Waals surface area contributed by atoms with Crippen molar-refractivity contribution >= 4 is 28.7 Å². The zero-order valence-electron chi connectivity index (χ0n) is 10.8. The van der Waals surface area contributed by atoms with Gasteiger partial charge in [-0.15, -0.1) is 0 Å². The molecule has 0 spiro atoms. The number of methoxy groups -OCH3 is 1. The summed E-state index contributed by atoms with van der Waals surface area (Å²) in [5.41, 5.74) is 9.50. The summed E-state index contributed by atoms with van der Waals surface area (Å²) in [4.78, 5) is 0. The van der Waals surface area contributed by atoms with E-state index >= 15 is 0 Å². The van der Waals surface area contributed by atoms with Gasteiger partial charge in [0.1, 0.15) is 0 Å². The fourth-order valence-corrected chi connectivity index (χ4v) is 2.11. The molecule has 4 heteroatoms. The van der Waals surface area contributed by atoms with Crippen molar-refractivity contribution in [3.63, 3.8) is 0 Å². The van der Waals surface area contributed by atoms with E-state index in [0.717, 1.165) is 17.8 Å². The van der Waals surface area contributed by atoms with E-state index in [1.165, 1.54) is 5.56 Å². The Balaban J connectivity index is 2.28. The highest BCUT2D eigenvalue weighted by Crippen LogP contribution is 2.32. The summed E-state index contributed by atoms with van der Waals surface area (Å²) in [6, 6.07) is 13.5. The Labute approximate surface area is 118 Å². The van der Waals surface area contributed by atoms with E-state index in [4.69, 9.17) is 22.1 Å². The highest BCUT2D eigenvalue weighted by Gasteiger charge is 2.07. The van der Waals surface area contributed by atoms with Crippen molar-refractivity contribution in [2.75, 3.05) is 24.8 Å². The highest BCUT2D eigenvalue weighted by molar-refractivity contribution is 6.34. The number of hydrogen-bond acceptors (Lipinski definition) is 3. The van der Waals surface area contributed by atoms with Crippen LogP contribution in [0.4, 0.5) is 17.1 Å². The third-order valence-electron chi connectivity index (χ3n) is 2.90. The maximum absolute atomic E-state index is 6.17. The fourth-order valence-electron chi connectivity index (χ4n) is 1.88. The number of ether oxygens (including phenoxy) is 1. The first-order chi connectivity index (χ1) is 9.22. The van der Waals surface area contributed by atoms with E-state index in [2.05, 4.69) is 11.4 Å².